The van der Waals surface area contributed by atoms with Crippen LogP contribution in [0.25, 0.3) is 0 Å². The van der Waals surface area contributed by atoms with E-state index in [-0.39, 0.29) is 35.7 Å². The first-order chi connectivity index (χ1) is 17.7. The Bertz CT molecular complexity index is 1120. The molecular formula is C28H35F3N3O3+. The molecule has 2 fully saturated rings. The zero-order valence-corrected chi connectivity index (χ0v) is 21.2. The molecule has 2 atom stereocenters. The molecule has 1 saturated carbocycles. The summed E-state index contributed by atoms with van der Waals surface area (Å²) in [6.45, 7) is 3.72. The van der Waals surface area contributed by atoms with Crippen LogP contribution in [0.4, 0.5) is 18.9 Å². The predicted molar refractivity (Wildman–Crippen MR) is 134 cm³/mol. The van der Waals surface area contributed by atoms with E-state index in [1.165, 1.54) is 36.1 Å². The Labute approximate surface area is 215 Å². The number of quaternary nitrogens is 1. The average Bonchev–Trinajstić information content (AvgIpc) is 3.71. The molecule has 2 aromatic rings. The van der Waals surface area contributed by atoms with Crippen molar-refractivity contribution in [2.24, 2.45) is 5.92 Å². The summed E-state index contributed by atoms with van der Waals surface area (Å²) >= 11 is 0. The number of likely N-dealkylation sites (N-methyl/N-ethyl adjacent to an activating group) is 1. The van der Waals surface area contributed by atoms with Gasteiger partial charge in [0.25, 0.3) is 0 Å². The van der Waals surface area contributed by atoms with Gasteiger partial charge in [0.15, 0.2) is 0 Å². The Balaban J connectivity index is 1.34. The number of benzene rings is 2. The van der Waals surface area contributed by atoms with E-state index >= 15 is 0 Å². The van der Waals surface area contributed by atoms with Gasteiger partial charge < -0.3 is 14.8 Å². The van der Waals surface area contributed by atoms with Crippen LogP contribution in [0, 0.1) is 5.92 Å². The number of carbonyl (C=O) groups is 1. The number of hydrogen-bond donors (Lipinski definition) is 1. The van der Waals surface area contributed by atoms with E-state index in [0.29, 0.717) is 13.2 Å². The van der Waals surface area contributed by atoms with E-state index in [1.807, 2.05) is 12.1 Å². The van der Waals surface area contributed by atoms with Gasteiger partial charge in [-0.1, -0.05) is 30.3 Å². The summed E-state index contributed by atoms with van der Waals surface area (Å²) in [6, 6.07) is 11.5. The molecule has 5 rings (SSSR count). The number of nitrogens with one attached hydrogen (secondary N) is 1. The van der Waals surface area contributed by atoms with E-state index in [1.54, 1.807) is 13.1 Å². The fourth-order valence-electron chi connectivity index (χ4n) is 5.45. The first-order valence-electron chi connectivity index (χ1n) is 13.0. The molecule has 0 bridgehead atoms. The van der Waals surface area contributed by atoms with Crippen LogP contribution >= 0.6 is 0 Å². The Hall–Kier alpha value is -2.46. The molecule has 0 spiro atoms. The fraction of sp³-hybridized carbons (Fsp3) is 0.536. The highest BCUT2D eigenvalue weighted by Gasteiger charge is 2.44. The van der Waals surface area contributed by atoms with Crippen molar-refractivity contribution >= 4 is 11.6 Å². The zero-order chi connectivity index (χ0) is 26.0. The molecule has 2 unspecified atom stereocenters. The highest BCUT2D eigenvalue weighted by atomic mass is 19.4. The molecule has 0 aromatic heterocycles. The SMILES string of the molecule is C[N+](Cc1ccccc1C(F)(F)F)(C(=O)CNc1cccc2c1CCN(CC1CC1)C2)C1COCCO1. The van der Waals surface area contributed by atoms with Gasteiger partial charge in [-0.3, -0.25) is 4.90 Å². The maximum atomic E-state index is 13.7. The van der Waals surface area contributed by atoms with Crippen molar-refractivity contribution in [3.05, 3.63) is 64.7 Å². The van der Waals surface area contributed by atoms with Gasteiger partial charge >= 0.3 is 12.1 Å². The number of ether oxygens (including phenoxy) is 2. The van der Waals surface area contributed by atoms with Crippen molar-refractivity contribution in [1.82, 2.24) is 4.90 Å². The van der Waals surface area contributed by atoms with Crippen LogP contribution in [0.2, 0.25) is 0 Å². The lowest BCUT2D eigenvalue weighted by Crippen LogP contribution is -2.61. The van der Waals surface area contributed by atoms with E-state index in [0.717, 1.165) is 43.7 Å². The first-order valence-corrected chi connectivity index (χ1v) is 13.0. The summed E-state index contributed by atoms with van der Waals surface area (Å²) in [6.07, 6.45) is -1.64. The Kier molecular flexibility index (Phi) is 7.58. The summed E-state index contributed by atoms with van der Waals surface area (Å²) in [7, 11) is 1.65. The minimum Gasteiger partial charge on any atom is -0.373 e. The fourth-order valence-corrected chi connectivity index (χ4v) is 5.45. The van der Waals surface area contributed by atoms with Crippen molar-refractivity contribution in [2.75, 3.05) is 51.8 Å². The van der Waals surface area contributed by atoms with Crippen LogP contribution in [0.5, 0.6) is 0 Å². The number of carbonyl (C=O) groups excluding carboxylic acids is 1. The van der Waals surface area contributed by atoms with E-state index in [2.05, 4.69) is 16.3 Å². The number of anilines is 1. The molecule has 1 saturated heterocycles. The van der Waals surface area contributed by atoms with Crippen LogP contribution in [0.1, 0.15) is 35.1 Å². The van der Waals surface area contributed by atoms with Gasteiger partial charge in [0.1, 0.15) is 19.7 Å². The highest BCUT2D eigenvalue weighted by molar-refractivity contribution is 5.75. The smallest absolute Gasteiger partial charge is 0.373 e. The Morgan fingerprint density at radius 3 is 2.68 bits per heavy atom. The minimum absolute atomic E-state index is 0.0210. The molecule has 6 nitrogen and oxygen atoms in total. The van der Waals surface area contributed by atoms with E-state index in [9.17, 15) is 18.0 Å². The predicted octanol–water partition coefficient (Wildman–Crippen LogP) is 4.43. The van der Waals surface area contributed by atoms with Crippen molar-refractivity contribution in [3.8, 4) is 0 Å². The molecule has 3 aliphatic rings. The minimum atomic E-state index is -4.51. The number of rotatable bonds is 8. The standard InChI is InChI=1S/C28H35F3N3O3/c1-34(27-19-36-13-14-37-27,18-22-5-2-3-7-24(22)28(29,30)31)26(35)15-32-25-8-4-6-21-17-33(12-11-23(21)25)16-20-9-10-20/h2-8,20,27,32H,9-19H2,1H3/q+1. The number of halogens is 3. The summed E-state index contributed by atoms with van der Waals surface area (Å²) in [5, 5.41) is 3.31. The largest absolute Gasteiger partial charge is 0.416 e. The monoisotopic (exact) mass is 518 g/mol. The molecule has 9 heteroatoms. The van der Waals surface area contributed by atoms with Crippen LogP contribution in [0.15, 0.2) is 42.5 Å². The molecule has 200 valence electrons. The number of amides is 1. The third-order valence-electron chi connectivity index (χ3n) is 7.81. The van der Waals surface area contributed by atoms with Crippen molar-refractivity contribution in [1.29, 1.82) is 0 Å². The van der Waals surface area contributed by atoms with Gasteiger partial charge in [-0.25, -0.2) is 9.28 Å². The second-order valence-corrected chi connectivity index (χ2v) is 10.6. The molecule has 37 heavy (non-hydrogen) atoms. The molecule has 1 amide bonds. The molecule has 1 aliphatic carbocycles. The summed E-state index contributed by atoms with van der Waals surface area (Å²) in [5.41, 5.74) is 2.73. The maximum absolute atomic E-state index is 13.7. The number of alkyl halides is 3. The maximum Gasteiger partial charge on any atom is 0.416 e. The second-order valence-electron chi connectivity index (χ2n) is 10.6. The number of fused-ring (bicyclic) bond motifs is 1. The van der Waals surface area contributed by atoms with Crippen LogP contribution in [0.3, 0.4) is 0 Å². The van der Waals surface area contributed by atoms with Gasteiger partial charge in [0.2, 0.25) is 6.23 Å². The molecule has 2 aromatic carbocycles. The third kappa shape index (κ3) is 6.00. The van der Waals surface area contributed by atoms with Crippen LogP contribution < -0.4 is 5.32 Å². The van der Waals surface area contributed by atoms with Gasteiger partial charge in [-0.15, -0.1) is 0 Å². The quantitative estimate of drug-likeness (QED) is 0.524. The van der Waals surface area contributed by atoms with Crippen molar-refractivity contribution in [3.63, 3.8) is 0 Å². The lowest BCUT2D eigenvalue weighted by Gasteiger charge is -2.40. The summed E-state index contributed by atoms with van der Waals surface area (Å²) < 4.78 is 52.3. The van der Waals surface area contributed by atoms with Crippen molar-refractivity contribution in [2.45, 2.75) is 44.8 Å². The number of nitrogens with zero attached hydrogens (tertiary/aromatic N) is 2. The lowest BCUT2D eigenvalue weighted by molar-refractivity contribution is -0.900. The zero-order valence-electron chi connectivity index (χ0n) is 21.2. The van der Waals surface area contributed by atoms with E-state index < -0.39 is 18.0 Å². The van der Waals surface area contributed by atoms with Gasteiger partial charge in [0.05, 0.1) is 25.8 Å². The topological polar surface area (TPSA) is 50.8 Å². The van der Waals surface area contributed by atoms with Crippen LogP contribution in [-0.4, -0.2) is 68.0 Å². The normalized spacial score (nSPS) is 22.2. The average molecular weight is 519 g/mol. The van der Waals surface area contributed by atoms with Crippen molar-refractivity contribution < 1.29 is 31.9 Å². The first kappa shape index (κ1) is 26.2. The van der Waals surface area contributed by atoms with Gasteiger partial charge in [0, 0.05) is 30.9 Å². The molecule has 1 N–H and O–H groups in total. The molecule has 2 aliphatic heterocycles. The third-order valence-corrected chi connectivity index (χ3v) is 7.81. The highest BCUT2D eigenvalue weighted by Crippen LogP contribution is 2.35. The van der Waals surface area contributed by atoms with Gasteiger partial charge in [-0.05, 0) is 48.4 Å². The molecule has 2 heterocycles. The van der Waals surface area contributed by atoms with E-state index in [4.69, 9.17) is 9.47 Å². The second kappa shape index (κ2) is 10.7. The molecular weight excluding hydrogens is 483 g/mol. The summed E-state index contributed by atoms with van der Waals surface area (Å²) in [4.78, 5) is 16.2. The van der Waals surface area contributed by atoms with Gasteiger partial charge in [-0.2, -0.15) is 13.2 Å². The molecule has 0 radical (unpaired) electrons. The van der Waals surface area contributed by atoms with Crippen LogP contribution in [-0.2, 0) is 40.0 Å². The lowest BCUT2D eigenvalue weighted by atomic mass is 9.97. The Morgan fingerprint density at radius 2 is 1.95 bits per heavy atom. The Morgan fingerprint density at radius 1 is 1.14 bits per heavy atom. The summed E-state index contributed by atoms with van der Waals surface area (Å²) in [5.74, 6) is 0.584. The number of hydrogen-bond acceptors (Lipinski definition) is 5.